The van der Waals surface area contributed by atoms with E-state index in [1.807, 2.05) is 73.7 Å². The number of hydrogen-bond donors (Lipinski definition) is 2. The summed E-state index contributed by atoms with van der Waals surface area (Å²) in [6.07, 6.45) is 0.490. The van der Waals surface area contributed by atoms with E-state index in [0.29, 0.717) is 38.3 Å². The van der Waals surface area contributed by atoms with Gasteiger partial charge in [-0.3, -0.25) is 9.59 Å². The molecule has 0 fully saturated rings. The number of halogens is 1. The lowest BCUT2D eigenvalue weighted by Crippen LogP contribution is -2.18. The molecule has 0 aliphatic carbocycles. The van der Waals surface area contributed by atoms with Gasteiger partial charge in [0.25, 0.3) is 11.1 Å². The number of nitrogens with one attached hydrogen (secondary N) is 2. The Kier molecular flexibility index (Phi) is 6.09. The molecular formula is C27H20ClN3O2S. The molecule has 0 bridgehead atoms. The number of rotatable bonds is 5. The first-order valence-electron chi connectivity index (χ1n) is 10.7. The van der Waals surface area contributed by atoms with Crippen molar-refractivity contribution in [3.05, 3.63) is 121 Å². The van der Waals surface area contributed by atoms with Crippen LogP contribution in [0.1, 0.15) is 16.8 Å². The second kappa shape index (κ2) is 9.33. The zero-order valence-electron chi connectivity index (χ0n) is 18.3. The van der Waals surface area contributed by atoms with Gasteiger partial charge < -0.3 is 9.97 Å². The van der Waals surface area contributed by atoms with Crippen molar-refractivity contribution in [2.45, 2.75) is 23.4 Å². The quantitative estimate of drug-likeness (QED) is 0.300. The minimum Gasteiger partial charge on any atom is -0.321 e. The van der Waals surface area contributed by atoms with Crippen molar-refractivity contribution < 1.29 is 0 Å². The summed E-state index contributed by atoms with van der Waals surface area (Å²) in [7, 11) is 0. The Hall–Kier alpha value is -3.61. The molecule has 2 heterocycles. The van der Waals surface area contributed by atoms with Gasteiger partial charge in [0.15, 0.2) is 5.16 Å². The van der Waals surface area contributed by atoms with Crippen LogP contribution in [0.5, 0.6) is 0 Å². The fourth-order valence-corrected chi connectivity index (χ4v) is 5.14. The largest absolute Gasteiger partial charge is 0.321 e. The van der Waals surface area contributed by atoms with Crippen LogP contribution < -0.4 is 11.1 Å². The third-order valence-electron chi connectivity index (χ3n) is 5.62. The molecule has 0 saturated heterocycles. The maximum atomic E-state index is 13.2. The second-order valence-electron chi connectivity index (χ2n) is 7.91. The molecule has 0 spiro atoms. The van der Waals surface area contributed by atoms with Crippen LogP contribution in [-0.4, -0.2) is 15.0 Å². The zero-order chi connectivity index (χ0) is 23.7. The summed E-state index contributed by atoms with van der Waals surface area (Å²) in [5, 5.41) is 1.75. The molecule has 5 aromatic rings. The van der Waals surface area contributed by atoms with Crippen LogP contribution in [0.2, 0.25) is 5.02 Å². The Morgan fingerprint density at radius 1 is 0.882 bits per heavy atom. The average molecular weight is 486 g/mol. The van der Waals surface area contributed by atoms with Gasteiger partial charge in [0.1, 0.15) is 0 Å². The number of nitrogens with zero attached hydrogens (tertiary/aromatic N) is 1. The highest BCUT2D eigenvalue weighted by atomic mass is 35.5. The molecule has 0 aliphatic rings. The summed E-state index contributed by atoms with van der Waals surface area (Å²) in [6, 6.07) is 24.8. The molecule has 2 N–H and O–H groups in total. The fraction of sp³-hybridized carbons (Fsp3) is 0.0741. The summed E-state index contributed by atoms with van der Waals surface area (Å²) in [4.78, 5) is 37.0. The lowest BCUT2D eigenvalue weighted by molar-refractivity contribution is 0.866. The SMILES string of the molecule is Cc1nc(Sc2c(-c3ccccc3)c3cc(Cl)ccc3[nH]c2=O)[nH]c(=O)c1Cc1ccccc1. The van der Waals surface area contributed by atoms with Crippen LogP contribution >= 0.6 is 23.4 Å². The van der Waals surface area contributed by atoms with Gasteiger partial charge in [0.2, 0.25) is 0 Å². The standard InChI is InChI=1S/C27H20ClN3O2S/c1-16-20(14-17-8-4-2-5-9-17)25(32)31-27(29-16)34-24-23(18-10-6-3-7-11-18)21-15-19(28)12-13-22(21)30-26(24)33/h2-13,15H,14H2,1H3,(H,30,33)(H,29,31,32). The zero-order valence-corrected chi connectivity index (χ0v) is 19.8. The van der Waals surface area contributed by atoms with E-state index in [-0.39, 0.29) is 11.1 Å². The summed E-state index contributed by atoms with van der Waals surface area (Å²) in [5.41, 5.74) is 4.13. The molecule has 7 heteroatoms. The van der Waals surface area contributed by atoms with Crippen molar-refractivity contribution in [3.8, 4) is 11.1 Å². The number of aromatic nitrogens is 3. The maximum absolute atomic E-state index is 13.2. The van der Waals surface area contributed by atoms with Gasteiger partial charge >= 0.3 is 0 Å². The van der Waals surface area contributed by atoms with E-state index in [9.17, 15) is 9.59 Å². The second-order valence-corrected chi connectivity index (χ2v) is 9.35. The summed E-state index contributed by atoms with van der Waals surface area (Å²) < 4.78 is 0. The van der Waals surface area contributed by atoms with E-state index in [4.69, 9.17) is 11.6 Å². The number of pyridine rings is 1. The molecule has 0 atom stereocenters. The maximum Gasteiger partial charge on any atom is 0.263 e. The molecule has 2 aromatic heterocycles. The van der Waals surface area contributed by atoms with E-state index in [0.717, 1.165) is 33.8 Å². The molecule has 34 heavy (non-hydrogen) atoms. The molecule has 0 amide bonds. The highest BCUT2D eigenvalue weighted by Crippen LogP contribution is 2.37. The topological polar surface area (TPSA) is 78.6 Å². The molecule has 168 valence electrons. The van der Waals surface area contributed by atoms with Crippen LogP contribution in [0.25, 0.3) is 22.0 Å². The predicted octanol–water partition coefficient (Wildman–Crippen LogP) is 5.98. The first-order valence-corrected chi connectivity index (χ1v) is 11.9. The fourth-order valence-electron chi connectivity index (χ4n) is 3.97. The van der Waals surface area contributed by atoms with Gasteiger partial charge in [0, 0.05) is 39.2 Å². The lowest BCUT2D eigenvalue weighted by Gasteiger charge is -2.13. The third kappa shape index (κ3) is 4.42. The van der Waals surface area contributed by atoms with Gasteiger partial charge in [-0.2, -0.15) is 0 Å². The number of fused-ring (bicyclic) bond motifs is 1. The Bertz CT molecular complexity index is 1610. The van der Waals surface area contributed by atoms with Gasteiger partial charge in [-0.15, -0.1) is 0 Å². The molecular weight excluding hydrogens is 466 g/mol. The Morgan fingerprint density at radius 3 is 2.29 bits per heavy atom. The Balaban J connectivity index is 1.63. The first kappa shape index (κ1) is 22.2. The number of benzene rings is 3. The normalized spacial score (nSPS) is 11.1. The first-order chi connectivity index (χ1) is 16.5. The van der Waals surface area contributed by atoms with Crippen molar-refractivity contribution in [1.29, 1.82) is 0 Å². The van der Waals surface area contributed by atoms with Crippen molar-refractivity contribution in [2.75, 3.05) is 0 Å². The van der Waals surface area contributed by atoms with Crippen molar-refractivity contribution in [3.63, 3.8) is 0 Å². The molecule has 0 aliphatic heterocycles. The average Bonchev–Trinajstić information content (AvgIpc) is 2.83. The smallest absolute Gasteiger partial charge is 0.263 e. The van der Waals surface area contributed by atoms with E-state index in [2.05, 4.69) is 15.0 Å². The molecule has 0 saturated carbocycles. The van der Waals surface area contributed by atoms with E-state index in [1.54, 1.807) is 12.1 Å². The summed E-state index contributed by atoms with van der Waals surface area (Å²) >= 11 is 7.44. The lowest BCUT2D eigenvalue weighted by atomic mass is 10.0. The van der Waals surface area contributed by atoms with Gasteiger partial charge in [0.05, 0.1) is 4.90 Å². The number of H-pyrrole nitrogens is 2. The minimum atomic E-state index is -0.257. The van der Waals surface area contributed by atoms with Crippen LogP contribution in [0.15, 0.2) is 98.5 Å². The number of hydrogen-bond acceptors (Lipinski definition) is 4. The predicted molar refractivity (Wildman–Crippen MR) is 138 cm³/mol. The van der Waals surface area contributed by atoms with E-state index >= 15 is 0 Å². The third-order valence-corrected chi connectivity index (χ3v) is 6.83. The minimum absolute atomic E-state index is 0.208. The Morgan fingerprint density at radius 2 is 1.59 bits per heavy atom. The summed E-state index contributed by atoms with van der Waals surface area (Å²) in [6.45, 7) is 1.82. The van der Waals surface area contributed by atoms with Crippen molar-refractivity contribution >= 4 is 34.3 Å². The number of aryl methyl sites for hydroxylation is 1. The van der Waals surface area contributed by atoms with E-state index in [1.165, 1.54) is 0 Å². The van der Waals surface area contributed by atoms with Crippen LogP contribution in [0.3, 0.4) is 0 Å². The monoisotopic (exact) mass is 485 g/mol. The van der Waals surface area contributed by atoms with Crippen molar-refractivity contribution in [2.24, 2.45) is 0 Å². The molecule has 3 aromatic carbocycles. The van der Waals surface area contributed by atoms with Gasteiger partial charge in [-0.1, -0.05) is 72.3 Å². The molecule has 0 unspecified atom stereocenters. The highest BCUT2D eigenvalue weighted by molar-refractivity contribution is 7.99. The van der Waals surface area contributed by atoms with Crippen LogP contribution in [-0.2, 0) is 6.42 Å². The van der Waals surface area contributed by atoms with Crippen LogP contribution in [0.4, 0.5) is 0 Å². The van der Waals surface area contributed by atoms with Gasteiger partial charge in [-0.05, 0) is 48.0 Å². The molecule has 5 rings (SSSR count). The number of aromatic amines is 2. The van der Waals surface area contributed by atoms with Crippen LogP contribution in [0, 0.1) is 6.92 Å². The van der Waals surface area contributed by atoms with E-state index < -0.39 is 0 Å². The van der Waals surface area contributed by atoms with Gasteiger partial charge in [-0.25, -0.2) is 4.98 Å². The van der Waals surface area contributed by atoms with Crippen molar-refractivity contribution in [1.82, 2.24) is 15.0 Å². The molecule has 0 radical (unpaired) electrons. The highest BCUT2D eigenvalue weighted by Gasteiger charge is 2.18. The summed E-state index contributed by atoms with van der Waals surface area (Å²) in [5.74, 6) is 0. The molecule has 5 nitrogen and oxygen atoms in total. The Labute approximate surface area is 204 Å².